The largest absolute Gasteiger partial charge is 0.333 e. The molecule has 1 aliphatic heterocycles. The molecule has 1 amide bonds. The van der Waals surface area contributed by atoms with E-state index in [2.05, 4.69) is 18.8 Å². The molecule has 1 aromatic heterocycles. The number of nitrogens with zero attached hydrogens (tertiary/aromatic N) is 2. The van der Waals surface area contributed by atoms with Crippen molar-refractivity contribution in [2.75, 3.05) is 6.54 Å². The molecule has 2 heterocycles. The lowest BCUT2D eigenvalue weighted by Gasteiger charge is -2.33. The maximum atomic E-state index is 12.3. The van der Waals surface area contributed by atoms with Gasteiger partial charge in [-0.2, -0.15) is 0 Å². The Morgan fingerprint density at radius 1 is 1.61 bits per heavy atom. The van der Waals surface area contributed by atoms with E-state index in [1.165, 1.54) is 0 Å². The van der Waals surface area contributed by atoms with E-state index < -0.39 is 0 Å². The van der Waals surface area contributed by atoms with Gasteiger partial charge in [-0.1, -0.05) is 13.8 Å². The van der Waals surface area contributed by atoms with Crippen LogP contribution in [0, 0.1) is 5.92 Å². The summed E-state index contributed by atoms with van der Waals surface area (Å²) < 4.78 is 0. The number of likely N-dealkylation sites (tertiary alicyclic amines) is 1. The van der Waals surface area contributed by atoms with Crippen molar-refractivity contribution < 1.29 is 4.79 Å². The first-order chi connectivity index (χ1) is 8.59. The maximum absolute atomic E-state index is 12.3. The van der Waals surface area contributed by atoms with Crippen LogP contribution in [0.5, 0.6) is 0 Å². The summed E-state index contributed by atoms with van der Waals surface area (Å²) in [7, 11) is 0. The molecule has 0 spiro atoms. The van der Waals surface area contributed by atoms with Crippen molar-refractivity contribution in [2.45, 2.75) is 45.2 Å². The third kappa shape index (κ3) is 2.90. The molecule has 0 radical (unpaired) electrons. The van der Waals surface area contributed by atoms with Gasteiger partial charge in [-0.05, 0) is 18.8 Å². The summed E-state index contributed by atoms with van der Waals surface area (Å²) in [5.74, 6) is 0.685. The van der Waals surface area contributed by atoms with Gasteiger partial charge >= 0.3 is 0 Å². The number of aromatic nitrogens is 1. The zero-order valence-corrected chi connectivity index (χ0v) is 11.8. The van der Waals surface area contributed by atoms with Crippen molar-refractivity contribution in [1.82, 2.24) is 9.88 Å². The molecule has 0 bridgehead atoms. The molecule has 18 heavy (non-hydrogen) atoms. The molecule has 0 aromatic carbocycles. The molecular formula is C13H21N3OS. The van der Waals surface area contributed by atoms with Gasteiger partial charge < -0.3 is 10.6 Å². The smallest absolute Gasteiger partial charge is 0.223 e. The van der Waals surface area contributed by atoms with Crippen molar-refractivity contribution in [3.63, 3.8) is 0 Å². The van der Waals surface area contributed by atoms with Gasteiger partial charge in [0, 0.05) is 30.1 Å². The molecule has 0 saturated carbocycles. The van der Waals surface area contributed by atoms with E-state index >= 15 is 0 Å². The minimum Gasteiger partial charge on any atom is -0.333 e. The van der Waals surface area contributed by atoms with Gasteiger partial charge in [-0.25, -0.2) is 0 Å². The molecule has 4 nitrogen and oxygen atoms in total. The van der Waals surface area contributed by atoms with Crippen LogP contribution in [0.4, 0.5) is 0 Å². The fourth-order valence-electron chi connectivity index (χ4n) is 2.52. The van der Waals surface area contributed by atoms with Crippen LogP contribution in [-0.2, 0) is 4.79 Å². The van der Waals surface area contributed by atoms with E-state index in [0.29, 0.717) is 12.3 Å². The molecule has 2 atom stereocenters. The van der Waals surface area contributed by atoms with Gasteiger partial charge in [0.05, 0.1) is 11.6 Å². The Morgan fingerprint density at radius 3 is 3.00 bits per heavy atom. The standard InChI is InChI=1S/C13H21N3OS/c1-9(2)7-16-12(17)5-3-4-10(14)13(16)11-6-15-8-18-11/h6,8-10,13H,3-5,7,14H2,1-2H3. The normalized spacial score (nSPS) is 25.6. The Hall–Kier alpha value is -0.940. The van der Waals surface area contributed by atoms with Gasteiger partial charge in [0.25, 0.3) is 0 Å². The van der Waals surface area contributed by atoms with Crippen molar-refractivity contribution in [1.29, 1.82) is 0 Å². The van der Waals surface area contributed by atoms with Crippen LogP contribution >= 0.6 is 11.3 Å². The van der Waals surface area contributed by atoms with Crippen molar-refractivity contribution >= 4 is 17.2 Å². The number of carbonyl (C=O) groups is 1. The number of thiazole rings is 1. The van der Waals surface area contributed by atoms with Crippen LogP contribution in [0.3, 0.4) is 0 Å². The molecule has 1 aliphatic rings. The number of hydrogen-bond donors (Lipinski definition) is 1. The summed E-state index contributed by atoms with van der Waals surface area (Å²) in [6.45, 7) is 5.04. The first-order valence-corrected chi connectivity index (χ1v) is 7.41. The second-order valence-electron chi connectivity index (χ2n) is 5.34. The lowest BCUT2D eigenvalue weighted by Crippen LogP contribution is -2.43. The molecule has 1 aromatic rings. The molecule has 5 heteroatoms. The Kier molecular flexibility index (Phi) is 4.35. The Labute approximate surface area is 112 Å². The highest BCUT2D eigenvalue weighted by atomic mass is 32.1. The van der Waals surface area contributed by atoms with Crippen LogP contribution in [0.15, 0.2) is 11.7 Å². The van der Waals surface area contributed by atoms with Gasteiger partial charge in [0.1, 0.15) is 0 Å². The summed E-state index contributed by atoms with van der Waals surface area (Å²) in [5.41, 5.74) is 8.09. The lowest BCUT2D eigenvalue weighted by molar-refractivity contribution is -0.133. The topological polar surface area (TPSA) is 59.2 Å². The van der Waals surface area contributed by atoms with Crippen molar-refractivity contribution in [3.8, 4) is 0 Å². The number of carbonyl (C=O) groups excluding carboxylic acids is 1. The molecule has 1 saturated heterocycles. The van der Waals surface area contributed by atoms with Crippen LogP contribution in [-0.4, -0.2) is 28.4 Å². The fourth-order valence-corrected chi connectivity index (χ4v) is 3.33. The van der Waals surface area contributed by atoms with E-state index in [4.69, 9.17) is 5.73 Å². The van der Waals surface area contributed by atoms with Crippen molar-refractivity contribution in [3.05, 3.63) is 16.6 Å². The lowest BCUT2D eigenvalue weighted by atomic mass is 10.0. The summed E-state index contributed by atoms with van der Waals surface area (Å²) in [4.78, 5) is 19.5. The number of rotatable bonds is 3. The minimum atomic E-state index is 0.00917. The van der Waals surface area contributed by atoms with Gasteiger partial charge in [-0.15, -0.1) is 11.3 Å². The van der Waals surface area contributed by atoms with E-state index in [0.717, 1.165) is 24.3 Å². The van der Waals surface area contributed by atoms with E-state index in [9.17, 15) is 4.79 Å². The number of nitrogens with two attached hydrogens (primary N) is 1. The molecule has 1 fully saturated rings. The van der Waals surface area contributed by atoms with Gasteiger partial charge in [0.2, 0.25) is 5.91 Å². The molecule has 0 aliphatic carbocycles. The maximum Gasteiger partial charge on any atom is 0.223 e. The molecule has 100 valence electrons. The highest BCUT2D eigenvalue weighted by molar-refractivity contribution is 7.09. The van der Waals surface area contributed by atoms with E-state index in [-0.39, 0.29) is 18.0 Å². The number of hydrogen-bond acceptors (Lipinski definition) is 4. The molecular weight excluding hydrogens is 246 g/mol. The third-order valence-corrected chi connectivity index (χ3v) is 4.14. The van der Waals surface area contributed by atoms with Gasteiger partial charge in [-0.3, -0.25) is 9.78 Å². The average molecular weight is 267 g/mol. The summed E-state index contributed by atoms with van der Waals surface area (Å²) in [6.07, 6.45) is 4.27. The van der Waals surface area contributed by atoms with Crippen LogP contribution < -0.4 is 5.73 Å². The second kappa shape index (κ2) is 5.80. The molecule has 2 unspecified atom stereocenters. The van der Waals surface area contributed by atoms with Crippen molar-refractivity contribution in [2.24, 2.45) is 11.7 Å². The first kappa shape index (κ1) is 13.5. The zero-order valence-electron chi connectivity index (χ0n) is 11.0. The first-order valence-electron chi connectivity index (χ1n) is 6.53. The Balaban J connectivity index is 2.30. The predicted molar refractivity (Wildman–Crippen MR) is 73.2 cm³/mol. The second-order valence-corrected chi connectivity index (χ2v) is 6.26. The molecule has 2 N–H and O–H groups in total. The van der Waals surface area contributed by atoms with Gasteiger partial charge in [0.15, 0.2) is 0 Å². The van der Waals surface area contributed by atoms with Crippen LogP contribution in [0.25, 0.3) is 0 Å². The van der Waals surface area contributed by atoms with Crippen LogP contribution in [0.2, 0.25) is 0 Å². The third-order valence-electron chi connectivity index (χ3n) is 3.29. The van der Waals surface area contributed by atoms with E-state index in [1.807, 2.05) is 16.6 Å². The zero-order chi connectivity index (χ0) is 13.1. The highest BCUT2D eigenvalue weighted by Crippen LogP contribution is 2.32. The fraction of sp³-hybridized carbons (Fsp3) is 0.692. The highest BCUT2D eigenvalue weighted by Gasteiger charge is 2.33. The van der Waals surface area contributed by atoms with Crippen LogP contribution in [0.1, 0.15) is 44.0 Å². The monoisotopic (exact) mass is 267 g/mol. The summed E-state index contributed by atoms with van der Waals surface area (Å²) in [6, 6.07) is 0.0329. The Morgan fingerprint density at radius 2 is 2.39 bits per heavy atom. The Bertz CT molecular complexity index is 391. The number of amides is 1. The molecule has 2 rings (SSSR count). The SMILES string of the molecule is CC(C)CN1C(=O)CCCC(N)C1c1cncs1. The quantitative estimate of drug-likeness (QED) is 0.913. The van der Waals surface area contributed by atoms with E-state index in [1.54, 1.807) is 11.3 Å². The summed E-state index contributed by atoms with van der Waals surface area (Å²) >= 11 is 1.59. The minimum absolute atomic E-state index is 0.00917. The predicted octanol–water partition coefficient (Wildman–Crippen LogP) is 2.18. The summed E-state index contributed by atoms with van der Waals surface area (Å²) in [5, 5.41) is 0. The average Bonchev–Trinajstić information content (AvgIpc) is 2.77.